The lowest BCUT2D eigenvalue weighted by Gasteiger charge is -2.03. The second-order valence-electron chi connectivity index (χ2n) is 3.73. The number of aromatic hydroxyl groups is 2. The van der Waals surface area contributed by atoms with Crippen molar-refractivity contribution in [2.24, 2.45) is 0 Å². The highest BCUT2D eigenvalue weighted by molar-refractivity contribution is 6.05. The highest BCUT2D eigenvalue weighted by Crippen LogP contribution is 2.28. The summed E-state index contributed by atoms with van der Waals surface area (Å²) in [4.78, 5) is 4.24. The Balaban J connectivity index is 2.50. The van der Waals surface area contributed by atoms with Crippen molar-refractivity contribution in [2.75, 3.05) is 0 Å². The first-order valence-electron chi connectivity index (χ1n) is 4.94. The van der Waals surface area contributed by atoms with Gasteiger partial charge in [-0.2, -0.15) is 0 Å². The summed E-state index contributed by atoms with van der Waals surface area (Å²) >= 11 is 0. The predicted molar refractivity (Wildman–Crippen MR) is 62.6 cm³/mol. The highest BCUT2D eigenvalue weighted by atomic mass is 16.3. The van der Waals surface area contributed by atoms with Crippen molar-refractivity contribution in [3.8, 4) is 11.5 Å². The molecule has 3 aromatic rings. The van der Waals surface area contributed by atoms with Crippen LogP contribution in [0.5, 0.6) is 11.5 Å². The van der Waals surface area contributed by atoms with Crippen LogP contribution >= 0.6 is 0 Å². The van der Waals surface area contributed by atoms with Crippen LogP contribution < -0.4 is 0 Å². The average Bonchev–Trinajstić information content (AvgIpc) is 2.28. The van der Waals surface area contributed by atoms with Crippen LogP contribution in [-0.2, 0) is 0 Å². The van der Waals surface area contributed by atoms with Crippen molar-refractivity contribution < 1.29 is 10.2 Å². The molecule has 0 aliphatic rings. The number of phenolic OH excluding ortho intramolecular Hbond substituents is 2. The minimum absolute atomic E-state index is 0.207. The van der Waals surface area contributed by atoms with E-state index in [0.29, 0.717) is 0 Å². The number of rotatable bonds is 0. The van der Waals surface area contributed by atoms with Gasteiger partial charge in [-0.25, -0.2) is 0 Å². The number of phenols is 2. The number of benzene rings is 2. The number of aromatic nitrogens is 1. The van der Waals surface area contributed by atoms with Gasteiger partial charge in [0.25, 0.3) is 0 Å². The number of hydrogen-bond donors (Lipinski definition) is 2. The van der Waals surface area contributed by atoms with Gasteiger partial charge in [-0.05, 0) is 35.7 Å². The first-order valence-corrected chi connectivity index (χ1v) is 4.94. The maximum Gasteiger partial charge on any atom is 0.117 e. The summed E-state index contributed by atoms with van der Waals surface area (Å²) in [6, 6.07) is 10.3. The van der Waals surface area contributed by atoms with Gasteiger partial charge in [0.05, 0.1) is 5.52 Å². The summed E-state index contributed by atoms with van der Waals surface area (Å²) < 4.78 is 0. The van der Waals surface area contributed by atoms with Crippen LogP contribution in [0.25, 0.3) is 21.7 Å². The van der Waals surface area contributed by atoms with E-state index in [2.05, 4.69) is 4.98 Å². The van der Waals surface area contributed by atoms with Crippen molar-refractivity contribution in [1.29, 1.82) is 0 Å². The van der Waals surface area contributed by atoms with Crippen LogP contribution in [0.3, 0.4) is 0 Å². The van der Waals surface area contributed by atoms with Gasteiger partial charge >= 0.3 is 0 Å². The lowest BCUT2D eigenvalue weighted by Crippen LogP contribution is -1.81. The number of nitrogens with zero attached hydrogens (tertiary/aromatic N) is 1. The Hall–Kier alpha value is -2.29. The molecular formula is C13H9NO2. The van der Waals surface area contributed by atoms with Crippen LogP contribution in [0.4, 0.5) is 0 Å². The minimum atomic E-state index is 0.207. The summed E-state index contributed by atoms with van der Waals surface area (Å²) in [5, 5.41) is 21.6. The third-order valence-corrected chi connectivity index (χ3v) is 2.65. The lowest BCUT2D eigenvalue weighted by atomic mass is 10.1. The Morgan fingerprint density at radius 3 is 2.31 bits per heavy atom. The Morgan fingerprint density at radius 2 is 1.50 bits per heavy atom. The summed E-state index contributed by atoms with van der Waals surface area (Å²) in [5.41, 5.74) is 0.748. The molecule has 2 aromatic carbocycles. The zero-order valence-corrected chi connectivity index (χ0v) is 8.38. The lowest BCUT2D eigenvalue weighted by molar-refractivity contribution is 0.475. The highest BCUT2D eigenvalue weighted by Gasteiger charge is 2.03. The van der Waals surface area contributed by atoms with Crippen LogP contribution in [0, 0.1) is 0 Å². The Bertz CT molecular complexity index is 631. The Labute approximate surface area is 91.6 Å². The van der Waals surface area contributed by atoms with Gasteiger partial charge in [0.15, 0.2) is 0 Å². The monoisotopic (exact) mass is 211 g/mol. The van der Waals surface area contributed by atoms with E-state index in [1.54, 1.807) is 30.5 Å². The quantitative estimate of drug-likeness (QED) is 0.562. The van der Waals surface area contributed by atoms with E-state index in [1.165, 1.54) is 0 Å². The number of fused-ring (bicyclic) bond motifs is 3. The molecule has 0 amide bonds. The van der Waals surface area contributed by atoms with Crippen LogP contribution in [0.1, 0.15) is 0 Å². The van der Waals surface area contributed by atoms with Gasteiger partial charge < -0.3 is 10.2 Å². The molecule has 3 heteroatoms. The second-order valence-corrected chi connectivity index (χ2v) is 3.73. The molecule has 2 N–H and O–H groups in total. The van der Waals surface area contributed by atoms with Crippen molar-refractivity contribution >= 4 is 21.7 Å². The van der Waals surface area contributed by atoms with Crippen LogP contribution in [-0.4, -0.2) is 15.2 Å². The molecule has 0 radical (unpaired) electrons. The molecular weight excluding hydrogens is 202 g/mol. The molecule has 78 valence electrons. The maximum absolute atomic E-state index is 9.38. The standard InChI is InChI=1S/C13H9NO2/c15-9-1-3-11-8(5-9)7-14-13-6-10(16)2-4-12(11)13/h1-7,15-16H. The molecule has 0 bridgehead atoms. The molecule has 0 saturated carbocycles. The third kappa shape index (κ3) is 1.26. The van der Waals surface area contributed by atoms with Gasteiger partial charge in [0.2, 0.25) is 0 Å². The molecule has 3 rings (SSSR count). The van der Waals surface area contributed by atoms with Crippen molar-refractivity contribution in [3.63, 3.8) is 0 Å². The molecule has 0 atom stereocenters. The van der Waals surface area contributed by atoms with E-state index in [4.69, 9.17) is 0 Å². The molecule has 0 saturated heterocycles. The van der Waals surface area contributed by atoms with Gasteiger partial charge in [-0.15, -0.1) is 0 Å². The van der Waals surface area contributed by atoms with Gasteiger partial charge in [0, 0.05) is 23.0 Å². The van der Waals surface area contributed by atoms with Gasteiger partial charge in [-0.1, -0.05) is 0 Å². The third-order valence-electron chi connectivity index (χ3n) is 2.65. The molecule has 16 heavy (non-hydrogen) atoms. The summed E-state index contributed by atoms with van der Waals surface area (Å²) in [7, 11) is 0. The van der Waals surface area contributed by atoms with Gasteiger partial charge in [-0.3, -0.25) is 4.98 Å². The maximum atomic E-state index is 9.38. The zero-order valence-electron chi connectivity index (χ0n) is 8.38. The fourth-order valence-electron chi connectivity index (χ4n) is 1.90. The van der Waals surface area contributed by atoms with E-state index >= 15 is 0 Å². The summed E-state index contributed by atoms with van der Waals surface area (Å²) in [6.07, 6.45) is 1.69. The predicted octanol–water partition coefficient (Wildman–Crippen LogP) is 2.80. The summed E-state index contributed by atoms with van der Waals surface area (Å²) in [5.74, 6) is 0.436. The first kappa shape index (κ1) is 8.97. The van der Waals surface area contributed by atoms with E-state index in [1.807, 2.05) is 12.1 Å². The fraction of sp³-hybridized carbons (Fsp3) is 0. The second kappa shape index (κ2) is 3.10. The number of pyridine rings is 1. The molecule has 1 heterocycles. The topological polar surface area (TPSA) is 53.4 Å². The van der Waals surface area contributed by atoms with E-state index in [9.17, 15) is 10.2 Å². The van der Waals surface area contributed by atoms with E-state index in [-0.39, 0.29) is 11.5 Å². The Kier molecular flexibility index (Phi) is 1.74. The van der Waals surface area contributed by atoms with E-state index in [0.717, 1.165) is 21.7 Å². The molecule has 0 aliphatic heterocycles. The molecule has 0 spiro atoms. The normalized spacial score (nSPS) is 11.0. The van der Waals surface area contributed by atoms with Crippen molar-refractivity contribution in [2.45, 2.75) is 0 Å². The molecule has 3 nitrogen and oxygen atoms in total. The number of hydrogen-bond acceptors (Lipinski definition) is 3. The molecule has 0 aliphatic carbocycles. The van der Waals surface area contributed by atoms with Crippen LogP contribution in [0.2, 0.25) is 0 Å². The molecule has 0 unspecified atom stereocenters. The van der Waals surface area contributed by atoms with Crippen LogP contribution in [0.15, 0.2) is 42.6 Å². The molecule has 1 aromatic heterocycles. The Morgan fingerprint density at radius 1 is 0.812 bits per heavy atom. The average molecular weight is 211 g/mol. The first-order chi connectivity index (χ1) is 7.74. The van der Waals surface area contributed by atoms with E-state index < -0.39 is 0 Å². The zero-order chi connectivity index (χ0) is 11.1. The van der Waals surface area contributed by atoms with Crippen molar-refractivity contribution in [1.82, 2.24) is 4.98 Å². The SMILES string of the molecule is Oc1ccc2c(cnc3cc(O)ccc32)c1. The smallest absolute Gasteiger partial charge is 0.117 e. The van der Waals surface area contributed by atoms with Gasteiger partial charge in [0.1, 0.15) is 11.5 Å². The largest absolute Gasteiger partial charge is 0.508 e. The minimum Gasteiger partial charge on any atom is -0.508 e. The van der Waals surface area contributed by atoms with Crippen molar-refractivity contribution in [3.05, 3.63) is 42.6 Å². The fourth-order valence-corrected chi connectivity index (χ4v) is 1.90. The summed E-state index contributed by atoms with van der Waals surface area (Å²) in [6.45, 7) is 0. The molecule has 0 fully saturated rings.